The number of nitrogens with zero attached hydrogens (tertiary/aromatic N) is 1. The summed E-state index contributed by atoms with van der Waals surface area (Å²) in [5, 5.41) is 11.4. The molecule has 5 heteroatoms. The Labute approximate surface area is 101 Å². The highest BCUT2D eigenvalue weighted by molar-refractivity contribution is 5.82. The molecule has 1 aliphatic rings. The van der Waals surface area contributed by atoms with Crippen molar-refractivity contribution in [2.24, 2.45) is 5.92 Å². The molecule has 0 heterocycles. The molecule has 0 aromatic heterocycles. The average molecular weight is 240 g/mol. The van der Waals surface area contributed by atoms with E-state index in [0.717, 1.165) is 12.8 Å². The number of amides is 2. The Kier molecular flexibility index (Phi) is 4.54. The van der Waals surface area contributed by atoms with Crippen LogP contribution in [0.25, 0.3) is 0 Å². The van der Waals surface area contributed by atoms with Gasteiger partial charge in [-0.05, 0) is 32.1 Å². The number of carbonyl (C=O) groups excluding carboxylic acids is 1. The highest BCUT2D eigenvalue weighted by atomic mass is 16.4. The first-order valence-electron chi connectivity index (χ1n) is 5.84. The molecule has 0 spiro atoms. The van der Waals surface area contributed by atoms with Gasteiger partial charge in [0.1, 0.15) is 6.04 Å². The molecule has 5 nitrogen and oxygen atoms in total. The van der Waals surface area contributed by atoms with Crippen LogP contribution in [0.4, 0.5) is 4.79 Å². The molecule has 17 heavy (non-hydrogen) atoms. The van der Waals surface area contributed by atoms with Gasteiger partial charge in [-0.1, -0.05) is 6.08 Å². The van der Waals surface area contributed by atoms with Crippen LogP contribution >= 0.6 is 0 Å². The summed E-state index contributed by atoms with van der Waals surface area (Å²) in [6.07, 6.45) is 4.01. The highest BCUT2D eigenvalue weighted by Gasteiger charge is 2.33. The van der Waals surface area contributed by atoms with Crippen LogP contribution in [0.2, 0.25) is 0 Å². The predicted octanol–water partition coefficient (Wildman–Crippen LogP) is 1.46. The minimum absolute atomic E-state index is 0.160. The number of carboxylic acid groups (broad SMARTS) is 1. The van der Waals surface area contributed by atoms with E-state index in [1.54, 1.807) is 11.9 Å². The lowest BCUT2D eigenvalue weighted by Crippen LogP contribution is -2.49. The number of rotatable bonds is 6. The van der Waals surface area contributed by atoms with Crippen molar-refractivity contribution >= 4 is 12.0 Å². The van der Waals surface area contributed by atoms with E-state index in [1.165, 1.54) is 6.08 Å². The Morgan fingerprint density at radius 3 is 2.59 bits per heavy atom. The number of carbonyl (C=O) groups is 2. The normalized spacial score (nSPS) is 18.0. The SMILES string of the molecule is C=CCC(NC(=O)N(C)C(C)C1CC1)C(=O)O. The summed E-state index contributed by atoms with van der Waals surface area (Å²) < 4.78 is 0. The smallest absolute Gasteiger partial charge is 0.326 e. The third-order valence-corrected chi connectivity index (χ3v) is 3.23. The van der Waals surface area contributed by atoms with Gasteiger partial charge in [0.15, 0.2) is 0 Å². The molecule has 0 radical (unpaired) electrons. The molecule has 0 aromatic carbocycles. The topological polar surface area (TPSA) is 69.6 Å². The van der Waals surface area contributed by atoms with Gasteiger partial charge in [-0.3, -0.25) is 0 Å². The van der Waals surface area contributed by atoms with E-state index in [2.05, 4.69) is 11.9 Å². The zero-order chi connectivity index (χ0) is 13.0. The molecule has 2 N–H and O–H groups in total. The second-order valence-electron chi connectivity index (χ2n) is 4.55. The van der Waals surface area contributed by atoms with Crippen molar-refractivity contribution in [3.63, 3.8) is 0 Å². The van der Waals surface area contributed by atoms with E-state index in [9.17, 15) is 9.59 Å². The van der Waals surface area contributed by atoms with Crippen LogP contribution in [0, 0.1) is 5.92 Å². The second-order valence-corrected chi connectivity index (χ2v) is 4.55. The van der Waals surface area contributed by atoms with Crippen molar-refractivity contribution < 1.29 is 14.7 Å². The summed E-state index contributed by atoms with van der Waals surface area (Å²) in [6.45, 7) is 5.47. The first kappa shape index (κ1) is 13.5. The molecular formula is C12H20N2O3. The quantitative estimate of drug-likeness (QED) is 0.690. The van der Waals surface area contributed by atoms with Crippen LogP contribution in [0.15, 0.2) is 12.7 Å². The van der Waals surface area contributed by atoms with Crippen LogP contribution in [0.3, 0.4) is 0 Å². The summed E-state index contributed by atoms with van der Waals surface area (Å²) in [5.41, 5.74) is 0. The highest BCUT2D eigenvalue weighted by Crippen LogP contribution is 2.34. The van der Waals surface area contributed by atoms with Crippen LogP contribution in [0.1, 0.15) is 26.2 Å². The van der Waals surface area contributed by atoms with Crippen LogP contribution in [0.5, 0.6) is 0 Å². The molecule has 1 rings (SSSR count). The van der Waals surface area contributed by atoms with Gasteiger partial charge in [-0.2, -0.15) is 0 Å². The molecule has 2 atom stereocenters. The van der Waals surface area contributed by atoms with Gasteiger partial charge in [0.2, 0.25) is 0 Å². The first-order chi connectivity index (χ1) is 7.97. The Morgan fingerprint density at radius 2 is 2.18 bits per heavy atom. The number of hydrogen-bond donors (Lipinski definition) is 2. The summed E-state index contributed by atoms with van der Waals surface area (Å²) in [7, 11) is 1.70. The van der Waals surface area contributed by atoms with E-state index in [0.29, 0.717) is 5.92 Å². The minimum atomic E-state index is -1.04. The molecule has 1 fully saturated rings. The number of aliphatic carboxylic acids is 1. The summed E-state index contributed by atoms with van der Waals surface area (Å²) in [4.78, 5) is 24.3. The van der Waals surface area contributed by atoms with Crippen LogP contribution in [-0.2, 0) is 4.79 Å². The first-order valence-corrected chi connectivity index (χ1v) is 5.84. The molecule has 2 unspecified atom stereocenters. The zero-order valence-corrected chi connectivity index (χ0v) is 10.3. The second kappa shape index (κ2) is 5.70. The maximum atomic E-state index is 11.8. The lowest BCUT2D eigenvalue weighted by molar-refractivity contribution is -0.139. The molecule has 96 valence electrons. The Balaban J connectivity index is 2.50. The van der Waals surface area contributed by atoms with E-state index in [4.69, 9.17) is 5.11 Å². The summed E-state index contributed by atoms with van der Waals surface area (Å²) in [6, 6.07) is -1.07. The van der Waals surface area contributed by atoms with E-state index >= 15 is 0 Å². The molecule has 1 saturated carbocycles. The molecule has 0 saturated heterocycles. The maximum Gasteiger partial charge on any atom is 0.326 e. The molecular weight excluding hydrogens is 220 g/mol. The Morgan fingerprint density at radius 1 is 1.59 bits per heavy atom. The Bertz CT molecular complexity index is 313. The van der Waals surface area contributed by atoms with Gasteiger partial charge in [0, 0.05) is 13.1 Å². The fourth-order valence-corrected chi connectivity index (χ4v) is 1.72. The minimum Gasteiger partial charge on any atom is -0.480 e. The largest absolute Gasteiger partial charge is 0.480 e. The zero-order valence-electron chi connectivity index (χ0n) is 10.3. The third-order valence-electron chi connectivity index (χ3n) is 3.23. The molecule has 1 aliphatic carbocycles. The van der Waals surface area contributed by atoms with Crippen molar-refractivity contribution in [2.45, 2.75) is 38.3 Å². The Hall–Kier alpha value is -1.52. The van der Waals surface area contributed by atoms with E-state index in [1.807, 2.05) is 6.92 Å². The fraction of sp³-hybridized carbons (Fsp3) is 0.667. The maximum absolute atomic E-state index is 11.8. The van der Waals surface area contributed by atoms with Crippen molar-refractivity contribution in [1.29, 1.82) is 0 Å². The lowest BCUT2D eigenvalue weighted by Gasteiger charge is -2.26. The van der Waals surface area contributed by atoms with Gasteiger partial charge in [-0.25, -0.2) is 9.59 Å². The lowest BCUT2D eigenvalue weighted by atomic mass is 10.2. The molecule has 2 amide bonds. The summed E-state index contributed by atoms with van der Waals surface area (Å²) >= 11 is 0. The van der Waals surface area contributed by atoms with Gasteiger partial charge in [-0.15, -0.1) is 6.58 Å². The predicted molar refractivity (Wildman–Crippen MR) is 64.7 cm³/mol. The molecule has 0 aliphatic heterocycles. The van der Waals surface area contributed by atoms with Gasteiger partial charge < -0.3 is 15.3 Å². The number of carboxylic acids is 1. The number of hydrogen-bond acceptors (Lipinski definition) is 2. The van der Waals surface area contributed by atoms with E-state index in [-0.39, 0.29) is 18.5 Å². The summed E-state index contributed by atoms with van der Waals surface area (Å²) in [5.74, 6) is -0.473. The van der Waals surface area contributed by atoms with Gasteiger partial charge >= 0.3 is 12.0 Å². The van der Waals surface area contributed by atoms with Gasteiger partial charge in [0.25, 0.3) is 0 Å². The van der Waals surface area contributed by atoms with Crippen LogP contribution < -0.4 is 5.32 Å². The third kappa shape index (κ3) is 3.76. The van der Waals surface area contributed by atoms with Crippen molar-refractivity contribution in [1.82, 2.24) is 10.2 Å². The van der Waals surface area contributed by atoms with Crippen LogP contribution in [-0.4, -0.2) is 41.1 Å². The van der Waals surface area contributed by atoms with Crippen molar-refractivity contribution in [2.75, 3.05) is 7.05 Å². The van der Waals surface area contributed by atoms with Crippen molar-refractivity contribution in [3.8, 4) is 0 Å². The van der Waals surface area contributed by atoms with E-state index < -0.39 is 12.0 Å². The number of urea groups is 1. The monoisotopic (exact) mass is 240 g/mol. The average Bonchev–Trinajstić information content (AvgIpc) is 3.09. The number of nitrogens with one attached hydrogen (secondary N) is 1. The standard InChI is InChI=1S/C12H20N2O3/c1-4-5-10(11(15)16)13-12(17)14(3)8(2)9-6-7-9/h4,8-10H,1,5-7H2,2-3H3,(H,13,17)(H,15,16). The fourth-order valence-electron chi connectivity index (χ4n) is 1.72. The molecule has 0 bridgehead atoms. The van der Waals surface area contributed by atoms with Crippen molar-refractivity contribution in [3.05, 3.63) is 12.7 Å². The van der Waals surface area contributed by atoms with Gasteiger partial charge in [0.05, 0.1) is 0 Å². The molecule has 0 aromatic rings.